The predicted octanol–water partition coefficient (Wildman–Crippen LogP) is 1.57. The SMILES string of the molecule is O=C(CC[C@@H]1NC(=O)N(Cc2ccc3c(c2)OCO3)C1=O)NCCc1ccco1. The molecule has 0 saturated carbocycles. The molecular weight excluding hydrogens is 378 g/mol. The van der Waals surface area contributed by atoms with Crippen molar-refractivity contribution in [1.29, 1.82) is 0 Å². The summed E-state index contributed by atoms with van der Waals surface area (Å²) < 4.78 is 15.8. The molecule has 3 heterocycles. The molecule has 4 amide bonds. The second kappa shape index (κ2) is 8.26. The van der Waals surface area contributed by atoms with Crippen molar-refractivity contribution >= 4 is 17.8 Å². The summed E-state index contributed by atoms with van der Waals surface area (Å²) in [4.78, 5) is 37.9. The van der Waals surface area contributed by atoms with Gasteiger partial charge in [-0.05, 0) is 36.2 Å². The standard InChI is InChI=1S/C20H21N3O6/c24-18(21-8-7-14-2-1-9-27-14)6-4-15-19(25)23(20(26)22-15)11-13-3-5-16-17(10-13)29-12-28-16/h1-3,5,9-10,15H,4,6-8,11-12H2,(H,21,24)(H,22,26)/t15-/m0/s1. The van der Waals surface area contributed by atoms with E-state index in [1.54, 1.807) is 30.5 Å². The number of ether oxygens (including phenoxy) is 2. The number of imide groups is 1. The van der Waals surface area contributed by atoms with Crippen LogP contribution in [0.25, 0.3) is 0 Å². The number of rotatable bonds is 8. The Balaban J connectivity index is 1.25. The van der Waals surface area contributed by atoms with E-state index in [9.17, 15) is 14.4 Å². The minimum atomic E-state index is -0.702. The van der Waals surface area contributed by atoms with E-state index >= 15 is 0 Å². The summed E-state index contributed by atoms with van der Waals surface area (Å²) in [6.45, 7) is 0.744. The van der Waals surface area contributed by atoms with Crippen molar-refractivity contribution in [3.63, 3.8) is 0 Å². The number of fused-ring (bicyclic) bond motifs is 1. The summed E-state index contributed by atoms with van der Waals surface area (Å²) in [5.41, 5.74) is 0.758. The molecule has 1 aromatic heterocycles. The molecule has 9 heteroatoms. The monoisotopic (exact) mass is 399 g/mol. The molecule has 9 nitrogen and oxygen atoms in total. The van der Waals surface area contributed by atoms with Gasteiger partial charge in [-0.1, -0.05) is 6.07 Å². The molecule has 1 fully saturated rings. The topological polar surface area (TPSA) is 110 Å². The first kappa shape index (κ1) is 18.9. The van der Waals surface area contributed by atoms with Gasteiger partial charge in [0.05, 0.1) is 12.8 Å². The highest BCUT2D eigenvalue weighted by Crippen LogP contribution is 2.33. The third-order valence-corrected chi connectivity index (χ3v) is 4.82. The van der Waals surface area contributed by atoms with Crippen LogP contribution in [0.4, 0.5) is 4.79 Å². The molecular formula is C20H21N3O6. The number of carbonyl (C=O) groups excluding carboxylic acids is 3. The molecule has 0 unspecified atom stereocenters. The molecule has 1 saturated heterocycles. The second-order valence-corrected chi connectivity index (χ2v) is 6.83. The summed E-state index contributed by atoms with van der Waals surface area (Å²) in [6, 6.07) is 7.76. The van der Waals surface area contributed by atoms with Crippen molar-refractivity contribution in [1.82, 2.24) is 15.5 Å². The van der Waals surface area contributed by atoms with Crippen molar-refractivity contribution in [2.75, 3.05) is 13.3 Å². The Morgan fingerprint density at radius 1 is 1.21 bits per heavy atom. The number of furan rings is 1. The van der Waals surface area contributed by atoms with Gasteiger partial charge >= 0.3 is 6.03 Å². The van der Waals surface area contributed by atoms with E-state index in [0.717, 1.165) is 16.2 Å². The number of urea groups is 1. The Bertz CT molecular complexity index is 911. The van der Waals surface area contributed by atoms with E-state index in [-0.39, 0.29) is 38.0 Å². The van der Waals surface area contributed by atoms with Crippen LogP contribution in [0.3, 0.4) is 0 Å². The summed E-state index contributed by atoms with van der Waals surface area (Å²) in [7, 11) is 0. The zero-order chi connectivity index (χ0) is 20.2. The van der Waals surface area contributed by atoms with E-state index < -0.39 is 12.1 Å². The molecule has 152 valence electrons. The molecule has 1 atom stereocenters. The normalized spacial score (nSPS) is 17.5. The molecule has 2 aliphatic heterocycles. The minimum Gasteiger partial charge on any atom is -0.469 e. The largest absolute Gasteiger partial charge is 0.469 e. The zero-order valence-electron chi connectivity index (χ0n) is 15.7. The average Bonchev–Trinajstić information content (AvgIpc) is 3.44. The highest BCUT2D eigenvalue weighted by Gasteiger charge is 2.38. The number of carbonyl (C=O) groups is 3. The van der Waals surface area contributed by atoms with E-state index in [2.05, 4.69) is 10.6 Å². The Labute approximate surface area is 166 Å². The lowest BCUT2D eigenvalue weighted by Gasteiger charge is -2.13. The van der Waals surface area contributed by atoms with Crippen molar-refractivity contribution in [2.24, 2.45) is 0 Å². The van der Waals surface area contributed by atoms with Gasteiger partial charge in [-0.3, -0.25) is 14.5 Å². The second-order valence-electron chi connectivity index (χ2n) is 6.83. The maximum atomic E-state index is 12.6. The van der Waals surface area contributed by atoms with Crippen molar-refractivity contribution in [3.05, 3.63) is 47.9 Å². The van der Waals surface area contributed by atoms with Gasteiger partial charge in [0.15, 0.2) is 11.5 Å². The number of hydrogen-bond donors (Lipinski definition) is 2. The lowest BCUT2D eigenvalue weighted by atomic mass is 10.1. The summed E-state index contributed by atoms with van der Waals surface area (Å²) in [5, 5.41) is 5.43. The molecule has 0 radical (unpaired) electrons. The van der Waals surface area contributed by atoms with Crippen LogP contribution >= 0.6 is 0 Å². The van der Waals surface area contributed by atoms with Crippen LogP contribution in [0.15, 0.2) is 41.0 Å². The van der Waals surface area contributed by atoms with Crippen molar-refractivity contribution < 1.29 is 28.3 Å². The first-order valence-electron chi connectivity index (χ1n) is 9.39. The lowest BCUT2D eigenvalue weighted by molar-refractivity contribution is -0.128. The van der Waals surface area contributed by atoms with Gasteiger partial charge in [0, 0.05) is 19.4 Å². The van der Waals surface area contributed by atoms with Crippen LogP contribution in [0.1, 0.15) is 24.2 Å². The Morgan fingerprint density at radius 2 is 2.07 bits per heavy atom. The smallest absolute Gasteiger partial charge is 0.325 e. The molecule has 0 spiro atoms. The third-order valence-electron chi connectivity index (χ3n) is 4.82. The number of benzene rings is 1. The number of hydrogen-bond acceptors (Lipinski definition) is 6. The minimum absolute atomic E-state index is 0.132. The lowest BCUT2D eigenvalue weighted by Crippen LogP contribution is -2.33. The van der Waals surface area contributed by atoms with Gasteiger partial charge < -0.3 is 24.5 Å². The predicted molar refractivity (Wildman–Crippen MR) is 100 cm³/mol. The van der Waals surface area contributed by atoms with Crippen LogP contribution < -0.4 is 20.1 Å². The maximum absolute atomic E-state index is 12.6. The third kappa shape index (κ3) is 4.34. The maximum Gasteiger partial charge on any atom is 0.325 e. The van der Waals surface area contributed by atoms with Gasteiger partial charge in [-0.2, -0.15) is 0 Å². The van der Waals surface area contributed by atoms with Crippen molar-refractivity contribution in [2.45, 2.75) is 31.8 Å². The summed E-state index contributed by atoms with van der Waals surface area (Å²) >= 11 is 0. The number of amides is 4. The van der Waals surface area contributed by atoms with E-state index in [0.29, 0.717) is 24.5 Å². The number of nitrogens with one attached hydrogen (secondary N) is 2. The molecule has 0 aliphatic carbocycles. The van der Waals surface area contributed by atoms with Crippen LogP contribution in [0, 0.1) is 0 Å². The van der Waals surface area contributed by atoms with Crippen molar-refractivity contribution in [3.8, 4) is 11.5 Å². The Kier molecular flexibility index (Phi) is 5.37. The molecule has 2 N–H and O–H groups in total. The molecule has 1 aromatic carbocycles. The highest BCUT2D eigenvalue weighted by molar-refractivity contribution is 6.04. The zero-order valence-corrected chi connectivity index (χ0v) is 15.7. The van der Waals surface area contributed by atoms with Gasteiger partial charge in [-0.15, -0.1) is 0 Å². The van der Waals surface area contributed by atoms with E-state index in [1.807, 2.05) is 6.07 Å². The fourth-order valence-corrected chi connectivity index (χ4v) is 3.29. The summed E-state index contributed by atoms with van der Waals surface area (Å²) in [6.07, 6.45) is 2.57. The number of nitrogens with zero attached hydrogens (tertiary/aromatic N) is 1. The molecule has 2 aromatic rings. The summed E-state index contributed by atoms with van der Waals surface area (Å²) in [5.74, 6) is 1.52. The van der Waals surface area contributed by atoms with Crippen LogP contribution in [-0.4, -0.2) is 42.1 Å². The fraction of sp³-hybridized carbons (Fsp3) is 0.350. The van der Waals surface area contributed by atoms with Crippen LogP contribution in [-0.2, 0) is 22.6 Å². The molecule has 29 heavy (non-hydrogen) atoms. The first-order valence-corrected chi connectivity index (χ1v) is 9.39. The molecule has 0 bridgehead atoms. The van der Waals surface area contributed by atoms with Gasteiger partial charge in [-0.25, -0.2) is 4.79 Å². The van der Waals surface area contributed by atoms with Gasteiger partial charge in [0.1, 0.15) is 11.8 Å². The molecule has 2 aliphatic rings. The molecule has 4 rings (SSSR count). The van der Waals surface area contributed by atoms with Crippen LogP contribution in [0.5, 0.6) is 11.5 Å². The Morgan fingerprint density at radius 3 is 2.90 bits per heavy atom. The highest BCUT2D eigenvalue weighted by atomic mass is 16.7. The average molecular weight is 399 g/mol. The van der Waals surface area contributed by atoms with E-state index in [4.69, 9.17) is 13.9 Å². The van der Waals surface area contributed by atoms with Crippen LogP contribution in [0.2, 0.25) is 0 Å². The van der Waals surface area contributed by atoms with Gasteiger partial charge in [0.25, 0.3) is 5.91 Å². The van der Waals surface area contributed by atoms with E-state index in [1.165, 1.54) is 0 Å². The Hall–Kier alpha value is -3.49. The first-order chi connectivity index (χ1) is 14.1. The van der Waals surface area contributed by atoms with Gasteiger partial charge in [0.2, 0.25) is 12.7 Å². The fourth-order valence-electron chi connectivity index (χ4n) is 3.29. The quantitative estimate of drug-likeness (QED) is 0.652.